The first-order chi connectivity index (χ1) is 14.9. The van der Waals surface area contributed by atoms with E-state index in [1.165, 1.54) is 24.3 Å². The summed E-state index contributed by atoms with van der Waals surface area (Å²) in [6.07, 6.45) is 5.55. The van der Waals surface area contributed by atoms with E-state index in [2.05, 4.69) is 0 Å². The predicted molar refractivity (Wildman–Crippen MR) is 115 cm³/mol. The topological polar surface area (TPSA) is 124 Å². The maximum absolute atomic E-state index is 12.7. The molecule has 0 spiro atoms. The fraction of sp³-hybridized carbons (Fsp3) is 0.250. The molecule has 7 nitrogen and oxygen atoms in total. The van der Waals surface area contributed by atoms with Crippen molar-refractivity contribution in [1.29, 1.82) is 0 Å². The molecular weight excluding hydrogens is 400 g/mol. The van der Waals surface area contributed by atoms with Crippen molar-refractivity contribution in [2.24, 2.45) is 10.8 Å². The number of carbonyl (C=O) groups excluding carboxylic acids is 2. The lowest BCUT2D eigenvalue weighted by Crippen LogP contribution is -2.45. The molecule has 0 amide bonds. The third-order valence-electron chi connectivity index (χ3n) is 4.92. The van der Waals surface area contributed by atoms with Gasteiger partial charge in [-0.2, -0.15) is 0 Å². The molecule has 0 radical (unpaired) electrons. The van der Waals surface area contributed by atoms with Gasteiger partial charge in [0.1, 0.15) is 10.8 Å². The zero-order valence-corrected chi connectivity index (χ0v) is 16.9. The van der Waals surface area contributed by atoms with Gasteiger partial charge in [-0.1, -0.05) is 85.0 Å². The molecule has 0 saturated heterocycles. The number of esters is 2. The quantitative estimate of drug-likeness (QED) is 0.335. The SMILES string of the molecule is O=C(OC(=O)C(C=Cc1ccccc1)(CO)CO)C(C=Cc1ccccc1)(CO)CO. The standard InChI is InChI=1S/C24H26O7/c25-15-23(16-26,13-11-19-7-3-1-4-8-19)21(29)31-22(30)24(17-27,18-28)14-12-20-9-5-2-6-10-20/h1-14,25-28H,15-18H2. The van der Waals surface area contributed by atoms with Crippen LogP contribution < -0.4 is 0 Å². The molecule has 7 heteroatoms. The molecule has 4 N–H and O–H groups in total. The van der Waals surface area contributed by atoms with E-state index in [0.29, 0.717) is 11.1 Å². The van der Waals surface area contributed by atoms with Crippen LogP contribution in [0.4, 0.5) is 0 Å². The monoisotopic (exact) mass is 426 g/mol. The molecule has 0 aliphatic carbocycles. The summed E-state index contributed by atoms with van der Waals surface area (Å²) in [5, 5.41) is 39.1. The van der Waals surface area contributed by atoms with Crippen LogP contribution >= 0.6 is 0 Å². The normalized spacial score (nSPS) is 12.4. The van der Waals surface area contributed by atoms with Gasteiger partial charge in [-0.15, -0.1) is 0 Å². The molecule has 0 aromatic heterocycles. The second kappa shape index (κ2) is 11.3. The summed E-state index contributed by atoms with van der Waals surface area (Å²) >= 11 is 0. The zero-order valence-electron chi connectivity index (χ0n) is 16.9. The molecule has 2 rings (SSSR count). The molecule has 0 bridgehead atoms. The van der Waals surface area contributed by atoms with Crippen LogP contribution in [0.15, 0.2) is 72.8 Å². The lowest BCUT2D eigenvalue weighted by Gasteiger charge is -2.27. The van der Waals surface area contributed by atoms with Crippen LogP contribution in [-0.4, -0.2) is 58.8 Å². The molecule has 2 aromatic rings. The molecule has 164 valence electrons. The van der Waals surface area contributed by atoms with E-state index in [9.17, 15) is 30.0 Å². The highest BCUT2D eigenvalue weighted by Crippen LogP contribution is 2.27. The van der Waals surface area contributed by atoms with Crippen molar-refractivity contribution < 1.29 is 34.8 Å². The summed E-state index contributed by atoms with van der Waals surface area (Å²) < 4.78 is 4.90. The first-order valence-corrected chi connectivity index (χ1v) is 9.64. The van der Waals surface area contributed by atoms with Crippen molar-refractivity contribution in [2.75, 3.05) is 26.4 Å². The largest absolute Gasteiger partial charge is 0.395 e. The highest BCUT2D eigenvalue weighted by molar-refractivity contribution is 5.94. The van der Waals surface area contributed by atoms with Crippen molar-refractivity contribution in [1.82, 2.24) is 0 Å². The van der Waals surface area contributed by atoms with Crippen LogP contribution in [0.3, 0.4) is 0 Å². The Kier molecular flexibility index (Phi) is 8.84. The van der Waals surface area contributed by atoms with Crippen LogP contribution in [0.5, 0.6) is 0 Å². The van der Waals surface area contributed by atoms with Crippen molar-refractivity contribution in [3.8, 4) is 0 Å². The van der Waals surface area contributed by atoms with Crippen molar-refractivity contribution >= 4 is 24.1 Å². The Balaban J connectivity index is 2.25. The molecule has 0 atom stereocenters. The van der Waals surface area contributed by atoms with E-state index >= 15 is 0 Å². The molecule has 0 unspecified atom stereocenters. The molecular formula is C24H26O7. The van der Waals surface area contributed by atoms with Crippen LogP contribution in [0.2, 0.25) is 0 Å². The first-order valence-electron chi connectivity index (χ1n) is 9.64. The minimum atomic E-state index is -1.88. The Labute approximate surface area is 180 Å². The Morgan fingerprint density at radius 1 is 0.645 bits per heavy atom. The summed E-state index contributed by atoms with van der Waals surface area (Å²) in [4.78, 5) is 25.4. The van der Waals surface area contributed by atoms with Crippen LogP contribution in [0.25, 0.3) is 12.2 Å². The third kappa shape index (κ3) is 5.96. The van der Waals surface area contributed by atoms with Crippen LogP contribution in [0, 0.1) is 10.8 Å². The summed E-state index contributed by atoms with van der Waals surface area (Å²) in [6, 6.07) is 17.7. The van der Waals surface area contributed by atoms with Gasteiger partial charge in [0.15, 0.2) is 0 Å². The smallest absolute Gasteiger partial charge is 0.328 e. The van der Waals surface area contributed by atoms with E-state index in [-0.39, 0.29) is 0 Å². The fourth-order valence-electron chi connectivity index (χ4n) is 2.63. The van der Waals surface area contributed by atoms with Gasteiger partial charge in [-0.05, 0) is 11.1 Å². The fourth-order valence-corrected chi connectivity index (χ4v) is 2.63. The number of aliphatic hydroxyl groups is 4. The molecule has 0 saturated carbocycles. The van der Waals surface area contributed by atoms with Gasteiger partial charge in [0, 0.05) is 0 Å². The zero-order chi connectivity index (χ0) is 22.7. The van der Waals surface area contributed by atoms with E-state index in [1.807, 2.05) is 12.1 Å². The number of ether oxygens (including phenoxy) is 1. The molecule has 0 fully saturated rings. The molecule has 0 heterocycles. The van der Waals surface area contributed by atoms with E-state index in [4.69, 9.17) is 4.74 Å². The van der Waals surface area contributed by atoms with Crippen molar-refractivity contribution in [3.05, 3.63) is 83.9 Å². The third-order valence-corrected chi connectivity index (χ3v) is 4.92. The maximum atomic E-state index is 12.7. The Morgan fingerprint density at radius 2 is 0.968 bits per heavy atom. The lowest BCUT2D eigenvalue weighted by atomic mass is 9.87. The number of hydrogen-bond acceptors (Lipinski definition) is 7. The average Bonchev–Trinajstić information content (AvgIpc) is 2.82. The number of carbonyl (C=O) groups is 2. The highest BCUT2D eigenvalue weighted by Gasteiger charge is 2.43. The van der Waals surface area contributed by atoms with Gasteiger partial charge < -0.3 is 25.2 Å². The summed E-state index contributed by atoms with van der Waals surface area (Å²) in [7, 11) is 0. The van der Waals surface area contributed by atoms with E-state index in [1.54, 1.807) is 48.5 Å². The van der Waals surface area contributed by atoms with Gasteiger partial charge in [0.25, 0.3) is 0 Å². The Morgan fingerprint density at radius 3 is 1.26 bits per heavy atom. The molecule has 2 aromatic carbocycles. The first kappa shape index (κ1) is 24.2. The summed E-state index contributed by atoms with van der Waals surface area (Å²) in [5.41, 5.74) is -2.35. The number of hydrogen-bond donors (Lipinski definition) is 4. The minimum Gasteiger partial charge on any atom is -0.395 e. The van der Waals surface area contributed by atoms with Gasteiger partial charge in [0.2, 0.25) is 0 Å². The number of rotatable bonds is 10. The van der Waals surface area contributed by atoms with E-state index in [0.717, 1.165) is 0 Å². The lowest BCUT2D eigenvalue weighted by molar-refractivity contribution is -0.175. The second-order valence-electron chi connectivity index (χ2n) is 7.11. The summed E-state index contributed by atoms with van der Waals surface area (Å²) in [5.74, 6) is -2.40. The molecule has 0 aliphatic rings. The molecule has 31 heavy (non-hydrogen) atoms. The highest BCUT2D eigenvalue weighted by atomic mass is 16.6. The number of aliphatic hydroxyl groups excluding tert-OH is 4. The van der Waals surface area contributed by atoms with Gasteiger partial charge in [0.05, 0.1) is 26.4 Å². The van der Waals surface area contributed by atoms with Crippen molar-refractivity contribution in [3.63, 3.8) is 0 Å². The van der Waals surface area contributed by atoms with Crippen molar-refractivity contribution in [2.45, 2.75) is 0 Å². The van der Waals surface area contributed by atoms with E-state index < -0.39 is 49.2 Å². The van der Waals surface area contributed by atoms with Gasteiger partial charge in [-0.25, -0.2) is 0 Å². The second-order valence-corrected chi connectivity index (χ2v) is 7.11. The molecule has 0 aliphatic heterocycles. The predicted octanol–water partition coefficient (Wildman–Crippen LogP) is 1.42. The maximum Gasteiger partial charge on any atom is 0.328 e. The van der Waals surface area contributed by atoms with Gasteiger partial charge >= 0.3 is 11.9 Å². The summed E-state index contributed by atoms with van der Waals surface area (Å²) in [6.45, 7) is -3.26. The average molecular weight is 426 g/mol. The van der Waals surface area contributed by atoms with Gasteiger partial charge in [-0.3, -0.25) is 9.59 Å². The number of benzene rings is 2. The van der Waals surface area contributed by atoms with Crippen LogP contribution in [0.1, 0.15) is 11.1 Å². The van der Waals surface area contributed by atoms with Crippen LogP contribution in [-0.2, 0) is 14.3 Å². The Bertz CT molecular complexity index is 821. The minimum absolute atomic E-state index is 0.707. The Hall–Kier alpha value is -3.10.